The van der Waals surface area contributed by atoms with Crippen molar-refractivity contribution in [2.75, 3.05) is 26.2 Å². The normalized spacial score (nSPS) is 16.2. The number of nitrogens with two attached hydrogens (primary N) is 1. The number of benzene rings is 1. The number of piperidine rings is 1. The molecule has 1 saturated heterocycles. The highest BCUT2D eigenvalue weighted by Crippen LogP contribution is 2.13. The summed E-state index contributed by atoms with van der Waals surface area (Å²) in [5.41, 5.74) is 0.624. The van der Waals surface area contributed by atoms with Crippen LogP contribution in [0.3, 0.4) is 0 Å². The lowest BCUT2D eigenvalue weighted by Gasteiger charge is -2.31. The first-order valence-corrected chi connectivity index (χ1v) is 8.90. The van der Waals surface area contributed by atoms with Gasteiger partial charge in [0.25, 0.3) is 5.91 Å². The number of ether oxygens (including phenoxy) is 1. The molecule has 1 aromatic carbocycles. The maximum absolute atomic E-state index is 13.3. The van der Waals surface area contributed by atoms with Crippen LogP contribution in [0.4, 0.5) is 13.6 Å². The van der Waals surface area contributed by atoms with Gasteiger partial charge in [0.05, 0.1) is 6.61 Å². The average Bonchev–Trinajstić information content (AvgIpc) is 2.62. The van der Waals surface area contributed by atoms with Gasteiger partial charge < -0.3 is 20.3 Å². The molecule has 1 atom stereocenters. The van der Waals surface area contributed by atoms with Crippen molar-refractivity contribution in [2.24, 2.45) is 0 Å². The van der Waals surface area contributed by atoms with Gasteiger partial charge in [-0.25, -0.2) is 13.6 Å². The summed E-state index contributed by atoms with van der Waals surface area (Å²) in [7, 11) is 0. The van der Waals surface area contributed by atoms with E-state index in [0.717, 1.165) is 12.1 Å². The highest BCUT2D eigenvalue weighted by molar-refractivity contribution is 5.77. The predicted octanol–water partition coefficient (Wildman–Crippen LogP) is 1.33. The Morgan fingerprint density at radius 3 is 2.62 bits per heavy atom. The van der Waals surface area contributed by atoms with E-state index in [0.29, 0.717) is 38.1 Å². The largest absolute Gasteiger partial charge is 0.450 e. The lowest BCUT2D eigenvalue weighted by atomic mass is 10.1. The minimum atomic E-state index is -0.888. The Hall–Kier alpha value is -2.22. The molecule has 0 unspecified atom stereocenters. The second-order valence-corrected chi connectivity index (χ2v) is 6.43. The molecule has 2 rings (SSSR count). The number of nitrogens with zero attached hydrogens (tertiary/aromatic N) is 1. The van der Waals surface area contributed by atoms with Crippen LogP contribution in [0.25, 0.3) is 0 Å². The van der Waals surface area contributed by atoms with Gasteiger partial charge in [-0.1, -0.05) is 0 Å². The monoisotopic (exact) mass is 370 g/mol. The van der Waals surface area contributed by atoms with Crippen LogP contribution in [0.5, 0.6) is 0 Å². The van der Waals surface area contributed by atoms with Gasteiger partial charge in [-0.15, -0.1) is 0 Å². The number of likely N-dealkylation sites (tertiary alicyclic amines) is 1. The van der Waals surface area contributed by atoms with E-state index >= 15 is 0 Å². The molecular formula is C18H26F2N3O3+. The quantitative estimate of drug-likeness (QED) is 0.793. The predicted molar refractivity (Wildman–Crippen MR) is 91.3 cm³/mol. The SMILES string of the molecule is CCOC(=O)N1CCC(NC(=O)C[NH2+][C@@H](C)c2ccc(F)c(F)c2)CC1. The molecule has 2 amide bonds. The van der Waals surface area contributed by atoms with Crippen LogP contribution in [-0.4, -0.2) is 49.2 Å². The van der Waals surface area contributed by atoms with Gasteiger partial charge in [0, 0.05) is 24.7 Å². The molecule has 144 valence electrons. The highest BCUT2D eigenvalue weighted by Gasteiger charge is 2.25. The molecule has 0 bridgehead atoms. The van der Waals surface area contributed by atoms with Gasteiger partial charge in [-0.05, 0) is 44.9 Å². The Balaban J connectivity index is 1.72. The maximum atomic E-state index is 13.3. The number of hydrogen-bond acceptors (Lipinski definition) is 3. The molecule has 3 N–H and O–H groups in total. The van der Waals surface area contributed by atoms with Crippen molar-refractivity contribution in [1.29, 1.82) is 0 Å². The van der Waals surface area contributed by atoms with E-state index in [1.807, 2.05) is 6.92 Å². The fourth-order valence-electron chi connectivity index (χ4n) is 2.92. The summed E-state index contributed by atoms with van der Waals surface area (Å²) in [6, 6.07) is 3.62. The molecule has 0 radical (unpaired) electrons. The Kier molecular flexibility index (Phi) is 7.32. The first kappa shape index (κ1) is 20.1. The zero-order valence-electron chi connectivity index (χ0n) is 15.1. The third-order valence-corrected chi connectivity index (χ3v) is 4.51. The second-order valence-electron chi connectivity index (χ2n) is 6.43. The van der Waals surface area contributed by atoms with Gasteiger partial charge >= 0.3 is 6.09 Å². The summed E-state index contributed by atoms with van der Waals surface area (Å²) < 4.78 is 31.2. The molecular weight excluding hydrogens is 344 g/mol. The third-order valence-electron chi connectivity index (χ3n) is 4.51. The molecule has 26 heavy (non-hydrogen) atoms. The van der Waals surface area contributed by atoms with E-state index < -0.39 is 11.6 Å². The van der Waals surface area contributed by atoms with Crippen LogP contribution >= 0.6 is 0 Å². The lowest BCUT2D eigenvalue weighted by Crippen LogP contribution is -2.87. The minimum absolute atomic E-state index is 0.0279. The molecule has 1 heterocycles. The number of halogens is 2. The molecule has 1 aromatic rings. The van der Waals surface area contributed by atoms with Crippen molar-refractivity contribution in [3.8, 4) is 0 Å². The van der Waals surface area contributed by atoms with Crippen molar-refractivity contribution in [3.63, 3.8) is 0 Å². The summed E-state index contributed by atoms with van der Waals surface area (Å²) in [5, 5.41) is 4.73. The smallest absolute Gasteiger partial charge is 0.409 e. The van der Waals surface area contributed by atoms with Crippen LogP contribution in [0.1, 0.15) is 38.3 Å². The fourth-order valence-corrected chi connectivity index (χ4v) is 2.92. The number of amides is 2. The van der Waals surface area contributed by atoms with E-state index in [1.165, 1.54) is 6.07 Å². The Bertz CT molecular complexity index is 634. The number of nitrogens with one attached hydrogen (secondary N) is 1. The Morgan fingerprint density at radius 1 is 1.31 bits per heavy atom. The zero-order valence-corrected chi connectivity index (χ0v) is 15.1. The molecule has 1 aliphatic heterocycles. The summed E-state index contributed by atoms with van der Waals surface area (Å²) in [4.78, 5) is 25.4. The second kappa shape index (κ2) is 9.47. The average molecular weight is 370 g/mol. The van der Waals surface area contributed by atoms with Gasteiger partial charge in [-0.3, -0.25) is 4.79 Å². The number of quaternary nitrogens is 1. The van der Waals surface area contributed by atoms with Gasteiger partial charge in [0.2, 0.25) is 0 Å². The number of hydrogen-bond donors (Lipinski definition) is 2. The topological polar surface area (TPSA) is 75.2 Å². The van der Waals surface area contributed by atoms with Gasteiger partial charge in [0.15, 0.2) is 18.2 Å². The van der Waals surface area contributed by atoms with Crippen LogP contribution in [0.15, 0.2) is 18.2 Å². The first-order valence-electron chi connectivity index (χ1n) is 8.90. The molecule has 0 aliphatic carbocycles. The van der Waals surface area contributed by atoms with Crippen molar-refractivity contribution < 1.29 is 28.4 Å². The van der Waals surface area contributed by atoms with Gasteiger partial charge in [0.1, 0.15) is 6.04 Å². The first-order chi connectivity index (χ1) is 12.4. The summed E-state index contributed by atoms with van der Waals surface area (Å²) in [5.74, 6) is -1.89. The molecule has 1 fully saturated rings. The van der Waals surface area contributed by atoms with E-state index in [9.17, 15) is 18.4 Å². The molecule has 0 saturated carbocycles. The van der Waals surface area contributed by atoms with E-state index in [-0.39, 0.29) is 30.6 Å². The number of carbonyl (C=O) groups is 2. The van der Waals surface area contributed by atoms with Crippen molar-refractivity contribution >= 4 is 12.0 Å². The highest BCUT2D eigenvalue weighted by atomic mass is 19.2. The summed E-state index contributed by atoms with van der Waals surface area (Å²) in [6.07, 6.45) is 1.05. The van der Waals surface area contributed by atoms with Crippen LogP contribution in [0.2, 0.25) is 0 Å². The van der Waals surface area contributed by atoms with Crippen molar-refractivity contribution in [1.82, 2.24) is 10.2 Å². The summed E-state index contributed by atoms with van der Waals surface area (Å²) >= 11 is 0. The van der Waals surface area contributed by atoms with Crippen LogP contribution < -0.4 is 10.6 Å². The third kappa shape index (κ3) is 5.66. The molecule has 8 heteroatoms. The van der Waals surface area contributed by atoms with E-state index in [4.69, 9.17) is 4.74 Å². The summed E-state index contributed by atoms with van der Waals surface area (Å²) in [6.45, 7) is 5.25. The van der Waals surface area contributed by atoms with E-state index in [1.54, 1.807) is 17.1 Å². The molecule has 0 aromatic heterocycles. The molecule has 6 nitrogen and oxygen atoms in total. The fraction of sp³-hybridized carbons (Fsp3) is 0.556. The molecule has 1 aliphatic rings. The van der Waals surface area contributed by atoms with Gasteiger partial charge in [-0.2, -0.15) is 0 Å². The van der Waals surface area contributed by atoms with Crippen molar-refractivity contribution in [3.05, 3.63) is 35.4 Å². The number of rotatable bonds is 6. The Morgan fingerprint density at radius 2 is 2.00 bits per heavy atom. The van der Waals surface area contributed by atoms with Crippen LogP contribution in [-0.2, 0) is 9.53 Å². The Labute approximate surface area is 151 Å². The maximum Gasteiger partial charge on any atom is 0.409 e. The minimum Gasteiger partial charge on any atom is -0.450 e. The number of carbonyl (C=O) groups excluding carboxylic acids is 2. The lowest BCUT2D eigenvalue weighted by molar-refractivity contribution is -0.682. The zero-order chi connectivity index (χ0) is 19.1. The van der Waals surface area contributed by atoms with Crippen LogP contribution in [0, 0.1) is 11.6 Å². The van der Waals surface area contributed by atoms with E-state index in [2.05, 4.69) is 5.32 Å². The molecule has 0 spiro atoms. The van der Waals surface area contributed by atoms with Crippen molar-refractivity contribution in [2.45, 2.75) is 38.8 Å². The standard InChI is InChI=1S/C18H25F2N3O3/c1-3-26-18(25)23-8-6-14(7-9-23)22-17(24)11-21-12(2)13-4-5-15(19)16(20)10-13/h4-5,10,12,14,21H,3,6-9,11H2,1-2H3,(H,22,24)/p+1/t12-/m0/s1.